The van der Waals surface area contributed by atoms with Gasteiger partial charge in [-0.05, 0) is 38.3 Å². The van der Waals surface area contributed by atoms with E-state index in [1.54, 1.807) is 6.20 Å². The number of hydrogen-bond acceptors (Lipinski definition) is 3. The van der Waals surface area contributed by atoms with Crippen molar-refractivity contribution in [2.24, 2.45) is 0 Å². The molecule has 0 amide bonds. The third kappa shape index (κ3) is 2.15. The van der Waals surface area contributed by atoms with Crippen LogP contribution in [0.4, 0.5) is 0 Å². The molecule has 0 saturated heterocycles. The Bertz CT molecular complexity index is 618. The molecule has 1 heterocycles. The number of aryl methyl sites for hydroxylation is 2. The van der Waals surface area contributed by atoms with Crippen LogP contribution in [0.3, 0.4) is 0 Å². The zero-order valence-corrected chi connectivity index (χ0v) is 11.3. The Morgan fingerprint density at radius 3 is 2.63 bits per heavy atom. The van der Waals surface area contributed by atoms with Crippen molar-refractivity contribution in [2.45, 2.75) is 32.1 Å². The molecule has 0 radical (unpaired) electrons. The van der Waals surface area contributed by atoms with Gasteiger partial charge in [-0.2, -0.15) is 0 Å². The van der Waals surface area contributed by atoms with Crippen molar-refractivity contribution >= 4 is 0 Å². The summed E-state index contributed by atoms with van der Waals surface area (Å²) in [4.78, 5) is 9.01. The Kier molecular flexibility index (Phi) is 2.86. The second-order valence-corrected chi connectivity index (χ2v) is 5.52. The van der Waals surface area contributed by atoms with Crippen LogP contribution in [0.15, 0.2) is 30.5 Å². The molecule has 1 aromatic carbocycles. The Hall–Kier alpha value is -1.74. The first kappa shape index (κ1) is 12.3. The van der Waals surface area contributed by atoms with Gasteiger partial charge in [0.05, 0.1) is 17.7 Å². The van der Waals surface area contributed by atoms with Crippen molar-refractivity contribution in [3.63, 3.8) is 0 Å². The van der Waals surface area contributed by atoms with Gasteiger partial charge in [0.15, 0.2) is 0 Å². The van der Waals surface area contributed by atoms with Crippen LogP contribution in [0.5, 0.6) is 0 Å². The predicted molar refractivity (Wildman–Crippen MR) is 74.9 cm³/mol. The summed E-state index contributed by atoms with van der Waals surface area (Å²) in [5, 5.41) is 9.48. The minimum absolute atomic E-state index is 0.142. The Morgan fingerprint density at radius 1 is 1.21 bits per heavy atom. The van der Waals surface area contributed by atoms with E-state index >= 15 is 0 Å². The van der Waals surface area contributed by atoms with Crippen LogP contribution < -0.4 is 0 Å². The van der Waals surface area contributed by atoms with E-state index in [-0.39, 0.29) is 12.0 Å². The second-order valence-electron chi connectivity index (χ2n) is 5.52. The topological polar surface area (TPSA) is 46.0 Å². The Balaban J connectivity index is 2.04. The smallest absolute Gasteiger partial charge is 0.137 e. The summed E-state index contributed by atoms with van der Waals surface area (Å²) < 4.78 is 0. The molecule has 0 aliphatic heterocycles. The van der Waals surface area contributed by atoms with Crippen molar-refractivity contribution in [3.8, 4) is 11.3 Å². The maximum atomic E-state index is 9.48. The fourth-order valence-electron chi connectivity index (χ4n) is 2.47. The molecule has 3 heteroatoms. The van der Waals surface area contributed by atoms with Gasteiger partial charge >= 0.3 is 0 Å². The molecule has 0 atom stereocenters. The SMILES string of the molecule is Cc1ccc(-c2ccnc(C3(CO)CC3)n2)c(C)c1. The van der Waals surface area contributed by atoms with Gasteiger partial charge in [-0.3, -0.25) is 0 Å². The van der Waals surface area contributed by atoms with Crippen LogP contribution >= 0.6 is 0 Å². The zero-order valence-electron chi connectivity index (χ0n) is 11.3. The summed E-state index contributed by atoms with van der Waals surface area (Å²) in [6.07, 6.45) is 3.77. The molecular weight excluding hydrogens is 236 g/mol. The van der Waals surface area contributed by atoms with Crippen LogP contribution in [-0.2, 0) is 5.41 Å². The van der Waals surface area contributed by atoms with E-state index in [4.69, 9.17) is 0 Å². The standard InChI is InChI=1S/C16H18N2O/c1-11-3-4-13(12(2)9-11)14-5-8-17-15(18-14)16(10-19)6-7-16/h3-5,8-9,19H,6-7,10H2,1-2H3. The Labute approximate surface area is 113 Å². The van der Waals surface area contributed by atoms with Crippen molar-refractivity contribution in [2.75, 3.05) is 6.61 Å². The maximum absolute atomic E-state index is 9.48. The number of aromatic nitrogens is 2. The van der Waals surface area contributed by atoms with Gasteiger partial charge in [0, 0.05) is 11.8 Å². The monoisotopic (exact) mass is 254 g/mol. The highest BCUT2D eigenvalue weighted by atomic mass is 16.3. The molecule has 0 unspecified atom stereocenters. The molecule has 98 valence electrons. The van der Waals surface area contributed by atoms with Crippen LogP contribution in [0.1, 0.15) is 29.8 Å². The third-order valence-corrected chi connectivity index (χ3v) is 3.94. The third-order valence-electron chi connectivity index (χ3n) is 3.94. The van der Waals surface area contributed by atoms with Gasteiger partial charge in [-0.25, -0.2) is 9.97 Å². The average molecular weight is 254 g/mol. The lowest BCUT2D eigenvalue weighted by atomic mass is 10.0. The van der Waals surface area contributed by atoms with Crippen LogP contribution in [-0.4, -0.2) is 21.7 Å². The molecule has 1 saturated carbocycles. The number of aliphatic hydroxyl groups is 1. The summed E-state index contributed by atoms with van der Waals surface area (Å²) in [7, 11) is 0. The van der Waals surface area contributed by atoms with E-state index in [0.717, 1.165) is 29.9 Å². The average Bonchev–Trinajstić information content (AvgIpc) is 3.20. The van der Waals surface area contributed by atoms with Crippen molar-refractivity contribution in [3.05, 3.63) is 47.4 Å². The van der Waals surface area contributed by atoms with Crippen LogP contribution in [0, 0.1) is 13.8 Å². The summed E-state index contributed by atoms with van der Waals surface area (Å²) in [6, 6.07) is 8.31. The molecule has 0 bridgehead atoms. The molecule has 1 aromatic heterocycles. The normalized spacial score (nSPS) is 16.4. The van der Waals surface area contributed by atoms with Crippen LogP contribution in [0.25, 0.3) is 11.3 Å². The first-order valence-corrected chi connectivity index (χ1v) is 6.67. The van der Waals surface area contributed by atoms with Crippen molar-refractivity contribution in [1.82, 2.24) is 9.97 Å². The van der Waals surface area contributed by atoms with Gasteiger partial charge in [-0.1, -0.05) is 23.8 Å². The molecule has 2 aromatic rings. The highest BCUT2D eigenvalue weighted by molar-refractivity contribution is 5.63. The Morgan fingerprint density at radius 2 is 2.00 bits per heavy atom. The molecule has 3 nitrogen and oxygen atoms in total. The van der Waals surface area contributed by atoms with E-state index in [2.05, 4.69) is 42.0 Å². The molecule has 1 fully saturated rings. The fraction of sp³-hybridized carbons (Fsp3) is 0.375. The van der Waals surface area contributed by atoms with E-state index in [0.29, 0.717) is 0 Å². The molecule has 3 rings (SSSR count). The van der Waals surface area contributed by atoms with Crippen LogP contribution in [0.2, 0.25) is 0 Å². The largest absolute Gasteiger partial charge is 0.395 e. The van der Waals surface area contributed by atoms with E-state index in [9.17, 15) is 5.11 Å². The van der Waals surface area contributed by atoms with Gasteiger partial charge in [0.25, 0.3) is 0 Å². The molecule has 19 heavy (non-hydrogen) atoms. The number of rotatable bonds is 3. The van der Waals surface area contributed by atoms with Gasteiger partial charge in [0.1, 0.15) is 5.82 Å². The predicted octanol–water partition coefficient (Wildman–Crippen LogP) is 2.78. The molecular formula is C16H18N2O. The van der Waals surface area contributed by atoms with E-state index in [1.165, 1.54) is 11.1 Å². The fourth-order valence-corrected chi connectivity index (χ4v) is 2.47. The minimum Gasteiger partial charge on any atom is -0.395 e. The summed E-state index contributed by atoms with van der Waals surface area (Å²) >= 11 is 0. The molecule has 0 spiro atoms. The summed E-state index contributed by atoms with van der Waals surface area (Å²) in [6.45, 7) is 4.33. The van der Waals surface area contributed by atoms with Gasteiger partial charge in [-0.15, -0.1) is 0 Å². The second kappa shape index (κ2) is 4.42. The minimum atomic E-state index is -0.172. The number of aliphatic hydroxyl groups excluding tert-OH is 1. The van der Waals surface area contributed by atoms with E-state index < -0.39 is 0 Å². The lowest BCUT2D eigenvalue weighted by Gasteiger charge is -2.12. The zero-order chi connectivity index (χ0) is 13.5. The van der Waals surface area contributed by atoms with Crippen molar-refractivity contribution in [1.29, 1.82) is 0 Å². The van der Waals surface area contributed by atoms with E-state index in [1.807, 2.05) is 6.07 Å². The maximum Gasteiger partial charge on any atom is 0.137 e. The first-order valence-electron chi connectivity index (χ1n) is 6.67. The number of hydrogen-bond donors (Lipinski definition) is 1. The van der Waals surface area contributed by atoms with Gasteiger partial charge in [0.2, 0.25) is 0 Å². The summed E-state index contributed by atoms with van der Waals surface area (Å²) in [5.41, 5.74) is 4.39. The van der Waals surface area contributed by atoms with Gasteiger partial charge < -0.3 is 5.11 Å². The van der Waals surface area contributed by atoms with Crippen molar-refractivity contribution < 1.29 is 5.11 Å². The highest BCUT2D eigenvalue weighted by Gasteiger charge is 2.46. The first-order chi connectivity index (χ1) is 9.14. The number of nitrogens with zero attached hydrogens (tertiary/aromatic N) is 2. The lowest BCUT2D eigenvalue weighted by molar-refractivity contribution is 0.250. The number of benzene rings is 1. The molecule has 1 aliphatic rings. The lowest BCUT2D eigenvalue weighted by Crippen LogP contribution is -2.16. The highest BCUT2D eigenvalue weighted by Crippen LogP contribution is 2.46. The molecule has 1 aliphatic carbocycles. The summed E-state index contributed by atoms with van der Waals surface area (Å²) in [5.74, 6) is 0.785. The quantitative estimate of drug-likeness (QED) is 0.916. The molecule has 1 N–H and O–H groups in total.